The molecule has 3 aliphatic rings. The zero-order valence-electron chi connectivity index (χ0n) is 32.0. The Labute approximate surface area is 338 Å². The molecule has 3 heterocycles. The van der Waals surface area contributed by atoms with Crippen LogP contribution >= 0.6 is 0 Å². The van der Waals surface area contributed by atoms with Crippen molar-refractivity contribution in [2.75, 3.05) is 9.80 Å². The molecular formula is C54H40N4. The van der Waals surface area contributed by atoms with Gasteiger partial charge in [-0.1, -0.05) is 103 Å². The van der Waals surface area contributed by atoms with Gasteiger partial charge in [0.05, 0.1) is 22.6 Å². The van der Waals surface area contributed by atoms with E-state index in [9.17, 15) is 0 Å². The fourth-order valence-corrected chi connectivity index (χ4v) is 9.97. The number of aryl methyl sites for hydroxylation is 1. The average molecular weight is 745 g/mol. The number of para-hydroxylation sites is 4. The number of rotatable bonds is 6. The second kappa shape index (κ2) is 13.1. The van der Waals surface area contributed by atoms with Gasteiger partial charge in [-0.2, -0.15) is 0 Å². The molecule has 0 spiro atoms. The summed E-state index contributed by atoms with van der Waals surface area (Å²) in [5, 5.41) is 3.88. The van der Waals surface area contributed by atoms with Gasteiger partial charge in [0.2, 0.25) is 0 Å². The van der Waals surface area contributed by atoms with E-state index < -0.39 is 0 Å². The molecule has 2 aliphatic carbocycles. The van der Waals surface area contributed by atoms with Crippen LogP contribution in [0.15, 0.2) is 200 Å². The number of aromatic nitrogens is 2. The summed E-state index contributed by atoms with van der Waals surface area (Å²) in [6, 6.07) is 62.7. The van der Waals surface area contributed by atoms with Crippen LogP contribution in [-0.2, 0) is 6.42 Å². The van der Waals surface area contributed by atoms with Crippen LogP contribution in [0.3, 0.4) is 0 Å². The molecular weight excluding hydrogens is 705 g/mol. The van der Waals surface area contributed by atoms with Crippen molar-refractivity contribution >= 4 is 67.2 Å². The lowest BCUT2D eigenvalue weighted by atomic mass is 9.91. The molecule has 0 bridgehead atoms. The van der Waals surface area contributed by atoms with Crippen molar-refractivity contribution in [3.8, 4) is 11.4 Å². The third kappa shape index (κ3) is 5.01. The van der Waals surface area contributed by atoms with E-state index in [4.69, 9.17) is 0 Å². The van der Waals surface area contributed by atoms with Gasteiger partial charge in [0, 0.05) is 67.6 Å². The maximum absolute atomic E-state index is 2.50. The minimum Gasteiger partial charge on any atom is -0.333 e. The molecule has 7 aromatic carbocycles. The maximum atomic E-state index is 2.50. The predicted octanol–water partition coefficient (Wildman–Crippen LogP) is 13.9. The number of nitrogens with zero attached hydrogens (tertiary/aromatic N) is 4. The molecule has 2 aromatic heterocycles. The number of benzene rings is 7. The third-order valence-electron chi connectivity index (χ3n) is 12.5. The molecule has 58 heavy (non-hydrogen) atoms. The highest BCUT2D eigenvalue weighted by molar-refractivity contribution is 6.09. The van der Waals surface area contributed by atoms with Crippen molar-refractivity contribution in [2.45, 2.75) is 24.8 Å². The molecule has 276 valence electrons. The Bertz CT molecular complexity index is 3070. The van der Waals surface area contributed by atoms with Crippen molar-refractivity contribution in [2.24, 2.45) is 0 Å². The van der Waals surface area contributed by atoms with Crippen molar-refractivity contribution in [3.63, 3.8) is 0 Å². The van der Waals surface area contributed by atoms with E-state index in [1.54, 1.807) is 0 Å². The van der Waals surface area contributed by atoms with E-state index in [2.05, 4.69) is 225 Å². The Balaban J connectivity index is 0.967. The average Bonchev–Trinajstić information content (AvgIpc) is 3.93. The van der Waals surface area contributed by atoms with E-state index in [1.807, 2.05) is 0 Å². The highest BCUT2D eigenvalue weighted by Crippen LogP contribution is 2.48. The minimum absolute atomic E-state index is 0.260. The Morgan fingerprint density at radius 1 is 0.466 bits per heavy atom. The predicted molar refractivity (Wildman–Crippen MR) is 243 cm³/mol. The molecule has 0 saturated heterocycles. The van der Waals surface area contributed by atoms with Gasteiger partial charge in [-0.3, -0.25) is 0 Å². The Hall–Kier alpha value is -7.30. The molecule has 9 aromatic rings. The number of hydrogen-bond acceptors (Lipinski definition) is 2. The molecule has 2 unspecified atom stereocenters. The fraction of sp³-hybridized carbons (Fsp3) is 0.0741. The normalized spacial score (nSPS) is 16.6. The summed E-state index contributed by atoms with van der Waals surface area (Å²) < 4.78 is 4.81. The second-order valence-corrected chi connectivity index (χ2v) is 15.6. The quantitative estimate of drug-likeness (QED) is 0.169. The lowest BCUT2D eigenvalue weighted by Gasteiger charge is -2.30. The number of anilines is 5. The molecule has 0 saturated carbocycles. The molecule has 4 nitrogen and oxygen atoms in total. The summed E-state index contributed by atoms with van der Waals surface area (Å²) in [4.78, 5) is 4.89. The van der Waals surface area contributed by atoms with Gasteiger partial charge in [0.15, 0.2) is 0 Å². The van der Waals surface area contributed by atoms with E-state index in [-0.39, 0.29) is 6.04 Å². The van der Waals surface area contributed by atoms with Crippen LogP contribution in [0.1, 0.15) is 29.2 Å². The summed E-state index contributed by atoms with van der Waals surface area (Å²) in [5.41, 5.74) is 15.9. The first-order valence-electron chi connectivity index (χ1n) is 20.4. The van der Waals surface area contributed by atoms with Gasteiger partial charge >= 0.3 is 0 Å². The summed E-state index contributed by atoms with van der Waals surface area (Å²) in [7, 11) is 0. The SMILES string of the molecule is C1=CC2c3ccccc3N(c3ccc(N(c4ccc(-n5c6c(c7ccccc75)CCC=C6)cc4)c4ccc(-n5c6ccccc6c6ccccc65)cc4)cc3)C2C=C1. The summed E-state index contributed by atoms with van der Waals surface area (Å²) in [6.07, 6.45) is 15.8. The lowest BCUT2D eigenvalue weighted by molar-refractivity contribution is 0.745. The zero-order valence-corrected chi connectivity index (χ0v) is 32.0. The molecule has 1 aliphatic heterocycles. The van der Waals surface area contributed by atoms with Crippen LogP contribution in [-0.4, -0.2) is 15.2 Å². The van der Waals surface area contributed by atoms with Crippen LogP contribution < -0.4 is 9.80 Å². The van der Waals surface area contributed by atoms with Gasteiger partial charge < -0.3 is 18.9 Å². The van der Waals surface area contributed by atoms with Gasteiger partial charge in [-0.15, -0.1) is 0 Å². The lowest BCUT2D eigenvalue weighted by Crippen LogP contribution is -2.28. The van der Waals surface area contributed by atoms with Crippen molar-refractivity contribution in [3.05, 3.63) is 217 Å². The highest BCUT2D eigenvalue weighted by atomic mass is 15.2. The zero-order chi connectivity index (χ0) is 38.2. The molecule has 12 rings (SSSR count). The van der Waals surface area contributed by atoms with E-state index in [0.717, 1.165) is 35.6 Å². The molecule has 0 radical (unpaired) electrons. The van der Waals surface area contributed by atoms with Crippen molar-refractivity contribution in [1.82, 2.24) is 9.13 Å². The summed E-state index contributed by atoms with van der Waals surface area (Å²) in [6.45, 7) is 0. The smallest absolute Gasteiger partial charge is 0.0629 e. The first-order chi connectivity index (χ1) is 28.8. The van der Waals surface area contributed by atoms with Crippen LogP contribution in [0.25, 0.3) is 50.2 Å². The van der Waals surface area contributed by atoms with Crippen molar-refractivity contribution in [1.29, 1.82) is 0 Å². The minimum atomic E-state index is 0.260. The summed E-state index contributed by atoms with van der Waals surface area (Å²) in [5.74, 6) is 0.349. The standard InChI is InChI=1S/C54H40N4/c1-7-19-49-43(13-1)44-14-2-8-20-50(44)56(49)40-31-25-37(26-32-40)55(38-27-33-41(34-28-38)57-51-21-9-3-15-45(51)46-16-4-10-22-52(46)57)39-29-35-42(36-30-39)58-53-23-11-5-17-47(53)48-18-6-12-24-54(48)58/h1-5,7-17,19-36,43,49H,6,18H2. The largest absolute Gasteiger partial charge is 0.333 e. The molecule has 4 heteroatoms. The fourth-order valence-electron chi connectivity index (χ4n) is 9.97. The van der Waals surface area contributed by atoms with E-state index >= 15 is 0 Å². The van der Waals surface area contributed by atoms with E-state index in [1.165, 1.54) is 66.6 Å². The first-order valence-corrected chi connectivity index (χ1v) is 20.4. The number of hydrogen-bond donors (Lipinski definition) is 0. The first kappa shape index (κ1) is 32.9. The molecule has 0 N–H and O–H groups in total. The molecule has 0 amide bonds. The number of fused-ring (bicyclic) bond motifs is 9. The van der Waals surface area contributed by atoms with Crippen LogP contribution in [0.4, 0.5) is 28.4 Å². The summed E-state index contributed by atoms with van der Waals surface area (Å²) >= 11 is 0. The number of allylic oxidation sites excluding steroid dienone is 3. The molecule has 0 fully saturated rings. The van der Waals surface area contributed by atoms with E-state index in [0.29, 0.717) is 5.92 Å². The monoisotopic (exact) mass is 744 g/mol. The van der Waals surface area contributed by atoms with Gasteiger partial charge in [-0.25, -0.2) is 0 Å². The second-order valence-electron chi connectivity index (χ2n) is 15.6. The Morgan fingerprint density at radius 2 is 0.983 bits per heavy atom. The van der Waals surface area contributed by atoms with Crippen LogP contribution in [0.2, 0.25) is 0 Å². The van der Waals surface area contributed by atoms with Gasteiger partial charge in [0.25, 0.3) is 0 Å². The van der Waals surface area contributed by atoms with Gasteiger partial charge in [0.1, 0.15) is 0 Å². The topological polar surface area (TPSA) is 16.3 Å². The van der Waals surface area contributed by atoms with Crippen LogP contribution in [0, 0.1) is 0 Å². The van der Waals surface area contributed by atoms with Gasteiger partial charge in [-0.05, 0) is 127 Å². The highest BCUT2D eigenvalue weighted by Gasteiger charge is 2.37. The Morgan fingerprint density at radius 3 is 1.64 bits per heavy atom. The van der Waals surface area contributed by atoms with Crippen LogP contribution in [0.5, 0.6) is 0 Å². The third-order valence-corrected chi connectivity index (χ3v) is 12.5. The Kier molecular flexibility index (Phi) is 7.45. The van der Waals surface area contributed by atoms with Crippen molar-refractivity contribution < 1.29 is 0 Å². The molecule has 2 atom stereocenters. The maximum Gasteiger partial charge on any atom is 0.0629 e.